The van der Waals surface area contributed by atoms with Crippen LogP contribution in [0.4, 0.5) is 0 Å². The van der Waals surface area contributed by atoms with E-state index in [4.69, 9.17) is 9.47 Å². The molecule has 3 rings (SSSR count). The van der Waals surface area contributed by atoms with Crippen LogP contribution in [0.2, 0.25) is 0 Å². The van der Waals surface area contributed by atoms with Crippen LogP contribution in [0.25, 0.3) is 0 Å². The van der Waals surface area contributed by atoms with Crippen LogP contribution in [-0.4, -0.2) is 76.6 Å². The molecule has 2 heterocycles. The maximum atomic E-state index is 5.67. The molecule has 164 valence electrons. The first kappa shape index (κ1) is 24.4. The van der Waals surface area contributed by atoms with Gasteiger partial charge in [0.05, 0.1) is 19.8 Å². The highest BCUT2D eigenvalue weighted by molar-refractivity contribution is 14.0. The molecule has 7 heteroatoms. The van der Waals surface area contributed by atoms with Gasteiger partial charge in [0.1, 0.15) is 0 Å². The Morgan fingerprint density at radius 1 is 1.17 bits per heavy atom. The standard InChI is InChI=1S/C22H36N4O2.HI/c1-17-5-4-6-19(13-17)18(2)14-24-22(23-3)25-15-21(20-7-10-28-16-20)26-8-11-27-12-9-26;/h4-6,13,18,20-21H,7-12,14-16H2,1-3H3,(H2,23,24,25);1H. The smallest absolute Gasteiger partial charge is 0.191 e. The van der Waals surface area contributed by atoms with E-state index in [1.807, 2.05) is 7.05 Å². The van der Waals surface area contributed by atoms with Gasteiger partial charge in [-0.15, -0.1) is 24.0 Å². The van der Waals surface area contributed by atoms with Crippen LogP contribution in [-0.2, 0) is 9.47 Å². The number of morpholine rings is 1. The average Bonchev–Trinajstić information content (AvgIpc) is 3.25. The van der Waals surface area contributed by atoms with Crippen LogP contribution in [0, 0.1) is 12.8 Å². The number of halogens is 1. The van der Waals surface area contributed by atoms with E-state index in [1.165, 1.54) is 11.1 Å². The molecule has 6 nitrogen and oxygen atoms in total. The predicted octanol–water partition coefficient (Wildman–Crippen LogP) is 2.62. The number of nitrogens with zero attached hydrogens (tertiary/aromatic N) is 2. The van der Waals surface area contributed by atoms with Gasteiger partial charge in [0.15, 0.2) is 5.96 Å². The van der Waals surface area contributed by atoms with Crippen molar-refractivity contribution in [3.63, 3.8) is 0 Å². The zero-order valence-electron chi connectivity index (χ0n) is 18.0. The summed E-state index contributed by atoms with van der Waals surface area (Å²) in [6, 6.07) is 9.19. The molecule has 0 bridgehead atoms. The van der Waals surface area contributed by atoms with Crippen molar-refractivity contribution in [2.75, 3.05) is 59.7 Å². The van der Waals surface area contributed by atoms with Gasteiger partial charge in [-0.05, 0) is 24.8 Å². The molecular formula is C22H37IN4O2. The molecular weight excluding hydrogens is 479 g/mol. The Bertz CT molecular complexity index is 631. The number of hydrogen-bond acceptors (Lipinski definition) is 4. The van der Waals surface area contributed by atoms with Crippen LogP contribution < -0.4 is 10.6 Å². The van der Waals surface area contributed by atoms with Crippen LogP contribution >= 0.6 is 24.0 Å². The van der Waals surface area contributed by atoms with E-state index in [9.17, 15) is 0 Å². The lowest BCUT2D eigenvalue weighted by atomic mass is 9.97. The summed E-state index contributed by atoms with van der Waals surface area (Å²) in [6.07, 6.45) is 1.14. The van der Waals surface area contributed by atoms with Crippen molar-refractivity contribution in [1.29, 1.82) is 0 Å². The first-order chi connectivity index (χ1) is 13.7. The minimum absolute atomic E-state index is 0. The molecule has 0 spiro atoms. The number of hydrogen-bond donors (Lipinski definition) is 2. The van der Waals surface area contributed by atoms with Crippen LogP contribution in [0.3, 0.4) is 0 Å². The minimum Gasteiger partial charge on any atom is -0.381 e. The Hall–Kier alpha value is -0.900. The van der Waals surface area contributed by atoms with Gasteiger partial charge in [-0.1, -0.05) is 36.8 Å². The van der Waals surface area contributed by atoms with Crippen LogP contribution in [0.1, 0.15) is 30.4 Å². The third-order valence-electron chi connectivity index (χ3n) is 5.91. The zero-order chi connectivity index (χ0) is 19.8. The second kappa shape index (κ2) is 12.7. The summed E-state index contributed by atoms with van der Waals surface area (Å²) < 4.78 is 11.2. The van der Waals surface area contributed by atoms with Crippen molar-refractivity contribution in [3.05, 3.63) is 35.4 Å². The van der Waals surface area contributed by atoms with E-state index in [0.29, 0.717) is 17.9 Å². The number of benzene rings is 1. The van der Waals surface area contributed by atoms with E-state index in [1.54, 1.807) is 0 Å². The van der Waals surface area contributed by atoms with Gasteiger partial charge in [-0.25, -0.2) is 0 Å². The van der Waals surface area contributed by atoms with Gasteiger partial charge in [-0.2, -0.15) is 0 Å². The lowest BCUT2D eigenvalue weighted by molar-refractivity contribution is 0.00246. The van der Waals surface area contributed by atoms with Crippen molar-refractivity contribution in [3.8, 4) is 0 Å². The summed E-state index contributed by atoms with van der Waals surface area (Å²) in [4.78, 5) is 6.99. The monoisotopic (exact) mass is 516 g/mol. The number of nitrogens with one attached hydrogen (secondary N) is 2. The molecule has 2 fully saturated rings. The molecule has 0 aromatic heterocycles. The molecule has 0 radical (unpaired) electrons. The molecule has 0 aliphatic carbocycles. The maximum absolute atomic E-state index is 5.67. The quantitative estimate of drug-likeness (QED) is 0.332. The summed E-state index contributed by atoms with van der Waals surface area (Å²) >= 11 is 0. The Morgan fingerprint density at radius 2 is 1.93 bits per heavy atom. The van der Waals surface area contributed by atoms with Gasteiger partial charge in [0, 0.05) is 51.8 Å². The predicted molar refractivity (Wildman–Crippen MR) is 129 cm³/mol. The highest BCUT2D eigenvalue weighted by Gasteiger charge is 2.31. The zero-order valence-corrected chi connectivity index (χ0v) is 20.4. The number of ether oxygens (including phenoxy) is 2. The van der Waals surface area contributed by atoms with E-state index in [2.05, 4.69) is 58.6 Å². The van der Waals surface area contributed by atoms with Crippen molar-refractivity contribution in [2.24, 2.45) is 10.9 Å². The topological polar surface area (TPSA) is 58.1 Å². The number of aryl methyl sites for hydroxylation is 1. The fourth-order valence-corrected chi connectivity index (χ4v) is 4.13. The molecule has 3 unspecified atom stereocenters. The molecule has 2 saturated heterocycles. The van der Waals surface area contributed by atoms with Crippen molar-refractivity contribution < 1.29 is 9.47 Å². The molecule has 0 amide bonds. The highest BCUT2D eigenvalue weighted by Crippen LogP contribution is 2.22. The van der Waals surface area contributed by atoms with Crippen LogP contribution in [0.5, 0.6) is 0 Å². The Balaban J connectivity index is 0.00000300. The molecule has 1 aromatic carbocycles. The Morgan fingerprint density at radius 3 is 2.59 bits per heavy atom. The molecule has 1 aromatic rings. The summed E-state index contributed by atoms with van der Waals surface area (Å²) in [5, 5.41) is 7.06. The van der Waals surface area contributed by atoms with Gasteiger partial charge in [0.25, 0.3) is 0 Å². The fraction of sp³-hybridized carbons (Fsp3) is 0.682. The third-order valence-corrected chi connectivity index (χ3v) is 5.91. The van der Waals surface area contributed by atoms with Gasteiger partial charge in [-0.3, -0.25) is 9.89 Å². The molecule has 0 saturated carbocycles. The highest BCUT2D eigenvalue weighted by atomic mass is 127. The first-order valence-electron chi connectivity index (χ1n) is 10.6. The Labute approximate surface area is 192 Å². The fourth-order valence-electron chi connectivity index (χ4n) is 4.13. The normalized spacial score (nSPS) is 22.6. The van der Waals surface area contributed by atoms with E-state index in [0.717, 1.165) is 65.0 Å². The van der Waals surface area contributed by atoms with E-state index >= 15 is 0 Å². The summed E-state index contributed by atoms with van der Waals surface area (Å²) in [5.74, 6) is 1.88. The van der Waals surface area contributed by atoms with Crippen molar-refractivity contribution >= 4 is 29.9 Å². The SMILES string of the molecule is CN=C(NCC(C)c1cccc(C)c1)NCC(C1CCOC1)N1CCOCC1.I. The summed E-state index contributed by atoms with van der Waals surface area (Å²) in [5.41, 5.74) is 2.66. The molecule has 2 aliphatic rings. The summed E-state index contributed by atoms with van der Waals surface area (Å²) in [7, 11) is 1.84. The molecule has 2 N–H and O–H groups in total. The first-order valence-corrected chi connectivity index (χ1v) is 10.6. The maximum Gasteiger partial charge on any atom is 0.191 e. The largest absolute Gasteiger partial charge is 0.381 e. The summed E-state index contributed by atoms with van der Waals surface area (Å²) in [6.45, 7) is 11.5. The second-order valence-corrected chi connectivity index (χ2v) is 7.99. The van der Waals surface area contributed by atoms with Gasteiger partial charge in [0.2, 0.25) is 0 Å². The van der Waals surface area contributed by atoms with Gasteiger partial charge < -0.3 is 20.1 Å². The lowest BCUT2D eigenvalue weighted by Gasteiger charge is -2.37. The third kappa shape index (κ3) is 7.38. The molecule has 2 aliphatic heterocycles. The number of rotatable bonds is 7. The molecule has 3 atom stereocenters. The average molecular weight is 516 g/mol. The Kier molecular flexibility index (Phi) is 10.7. The van der Waals surface area contributed by atoms with E-state index < -0.39 is 0 Å². The number of aliphatic imine (C=N–C) groups is 1. The minimum atomic E-state index is 0. The lowest BCUT2D eigenvalue weighted by Crippen LogP contribution is -2.53. The van der Waals surface area contributed by atoms with Crippen LogP contribution in [0.15, 0.2) is 29.3 Å². The van der Waals surface area contributed by atoms with E-state index in [-0.39, 0.29) is 24.0 Å². The van der Waals surface area contributed by atoms with Gasteiger partial charge >= 0.3 is 0 Å². The van der Waals surface area contributed by atoms with Crippen molar-refractivity contribution in [2.45, 2.75) is 32.2 Å². The van der Waals surface area contributed by atoms with Crippen molar-refractivity contribution in [1.82, 2.24) is 15.5 Å². The molecule has 29 heavy (non-hydrogen) atoms. The number of guanidine groups is 1. The second-order valence-electron chi connectivity index (χ2n) is 7.99.